The summed E-state index contributed by atoms with van der Waals surface area (Å²) in [5.41, 5.74) is 3.71. The topological polar surface area (TPSA) is 122 Å². The molecule has 3 aromatic rings. The molecule has 2 N–H and O–H groups in total. The van der Waals surface area contributed by atoms with Gasteiger partial charge in [0.15, 0.2) is 6.61 Å². The molecular formula is C29H24ClN3O6S. The number of carbonyl (C=O) groups is 5. The predicted molar refractivity (Wildman–Crippen MR) is 154 cm³/mol. The lowest BCUT2D eigenvalue weighted by molar-refractivity contribution is -0.127. The lowest BCUT2D eigenvalue weighted by atomic mass is 10.1. The summed E-state index contributed by atoms with van der Waals surface area (Å²) in [6.45, 7) is 2.86. The second kappa shape index (κ2) is 12.6. The summed E-state index contributed by atoms with van der Waals surface area (Å²) in [5, 5.41) is 5.18. The molecule has 1 saturated heterocycles. The van der Waals surface area contributed by atoms with Crippen molar-refractivity contribution in [3.05, 3.63) is 98.9 Å². The Morgan fingerprint density at radius 1 is 0.900 bits per heavy atom. The second-order valence-electron chi connectivity index (χ2n) is 8.89. The van der Waals surface area contributed by atoms with E-state index in [1.807, 2.05) is 26.0 Å². The van der Waals surface area contributed by atoms with Crippen molar-refractivity contribution in [1.29, 1.82) is 0 Å². The van der Waals surface area contributed by atoms with Crippen LogP contribution in [0.1, 0.15) is 27.0 Å². The minimum Gasteiger partial charge on any atom is -0.452 e. The molecule has 1 fully saturated rings. The Bertz CT molecular complexity index is 1520. The van der Waals surface area contributed by atoms with E-state index in [0.717, 1.165) is 16.0 Å². The molecule has 0 aromatic heterocycles. The maximum Gasteiger partial charge on any atom is 0.338 e. The minimum atomic E-state index is -0.688. The smallest absolute Gasteiger partial charge is 0.338 e. The second-order valence-corrected chi connectivity index (χ2v) is 10.3. The van der Waals surface area contributed by atoms with Crippen molar-refractivity contribution in [1.82, 2.24) is 4.90 Å². The van der Waals surface area contributed by atoms with Crippen LogP contribution in [0.15, 0.2) is 71.6 Å². The van der Waals surface area contributed by atoms with Crippen molar-refractivity contribution < 1.29 is 28.7 Å². The van der Waals surface area contributed by atoms with Crippen LogP contribution in [0.5, 0.6) is 0 Å². The normalized spacial score (nSPS) is 13.9. The summed E-state index contributed by atoms with van der Waals surface area (Å²) in [6, 6.07) is 18.3. The summed E-state index contributed by atoms with van der Waals surface area (Å²) in [4.78, 5) is 63.0. The molecule has 0 bridgehead atoms. The third kappa shape index (κ3) is 7.37. The first kappa shape index (κ1) is 28.6. The van der Waals surface area contributed by atoms with E-state index in [1.165, 1.54) is 18.2 Å². The van der Waals surface area contributed by atoms with Crippen LogP contribution in [-0.4, -0.2) is 47.0 Å². The van der Waals surface area contributed by atoms with Crippen molar-refractivity contribution in [2.75, 3.05) is 23.8 Å². The molecule has 9 nitrogen and oxygen atoms in total. The number of halogens is 1. The molecule has 0 spiro atoms. The summed E-state index contributed by atoms with van der Waals surface area (Å²) < 4.78 is 5.07. The molecule has 204 valence electrons. The Labute approximate surface area is 239 Å². The average molecular weight is 578 g/mol. The van der Waals surface area contributed by atoms with Gasteiger partial charge in [0.05, 0.1) is 10.5 Å². The fourth-order valence-corrected chi connectivity index (χ4v) is 4.59. The van der Waals surface area contributed by atoms with Crippen molar-refractivity contribution >= 4 is 69.7 Å². The third-order valence-electron chi connectivity index (χ3n) is 5.74. The number of esters is 1. The Balaban J connectivity index is 1.31. The molecule has 11 heteroatoms. The molecule has 0 aliphatic carbocycles. The predicted octanol–water partition coefficient (Wildman–Crippen LogP) is 5.43. The summed E-state index contributed by atoms with van der Waals surface area (Å²) in [7, 11) is 0. The molecule has 1 aliphatic heterocycles. The van der Waals surface area contributed by atoms with Crippen LogP contribution in [-0.2, 0) is 19.1 Å². The zero-order valence-corrected chi connectivity index (χ0v) is 23.1. The number of benzene rings is 3. The Kier molecular flexibility index (Phi) is 9.03. The number of ether oxygens (including phenoxy) is 1. The number of nitrogens with zero attached hydrogens (tertiary/aromatic N) is 1. The van der Waals surface area contributed by atoms with Crippen molar-refractivity contribution in [2.24, 2.45) is 0 Å². The van der Waals surface area contributed by atoms with Crippen LogP contribution in [0.2, 0.25) is 5.02 Å². The van der Waals surface area contributed by atoms with E-state index < -0.39 is 42.1 Å². The molecule has 3 aromatic carbocycles. The molecular weight excluding hydrogens is 554 g/mol. The summed E-state index contributed by atoms with van der Waals surface area (Å²) in [5.74, 6) is -2.30. The summed E-state index contributed by atoms with van der Waals surface area (Å²) >= 11 is 6.79. The molecule has 1 aliphatic rings. The molecule has 40 heavy (non-hydrogen) atoms. The van der Waals surface area contributed by atoms with E-state index in [1.54, 1.807) is 42.5 Å². The van der Waals surface area contributed by atoms with Gasteiger partial charge in [0, 0.05) is 16.4 Å². The highest BCUT2D eigenvalue weighted by molar-refractivity contribution is 8.18. The van der Waals surface area contributed by atoms with Crippen LogP contribution in [0.25, 0.3) is 6.08 Å². The van der Waals surface area contributed by atoms with Gasteiger partial charge in [-0.3, -0.25) is 24.1 Å². The first-order valence-corrected chi connectivity index (χ1v) is 13.2. The number of nitrogens with one attached hydrogen (secondary N) is 2. The number of rotatable bonds is 8. The molecule has 0 atom stereocenters. The van der Waals surface area contributed by atoms with Crippen LogP contribution < -0.4 is 10.6 Å². The number of imide groups is 1. The monoisotopic (exact) mass is 577 g/mol. The molecule has 1 heterocycles. The Hall–Kier alpha value is -4.41. The fraction of sp³-hybridized carbons (Fsp3) is 0.138. The van der Waals surface area contributed by atoms with E-state index in [4.69, 9.17) is 16.3 Å². The lowest BCUT2D eigenvalue weighted by Gasteiger charge is -2.13. The number of carbonyl (C=O) groups excluding carboxylic acids is 5. The maximum absolute atomic E-state index is 12.8. The van der Waals surface area contributed by atoms with Gasteiger partial charge in [0.25, 0.3) is 17.1 Å². The minimum absolute atomic E-state index is 0.138. The third-order valence-corrected chi connectivity index (χ3v) is 7.06. The van der Waals surface area contributed by atoms with Crippen molar-refractivity contribution in [3.8, 4) is 0 Å². The Morgan fingerprint density at radius 2 is 1.55 bits per heavy atom. The van der Waals surface area contributed by atoms with E-state index >= 15 is 0 Å². The fourth-order valence-electron chi connectivity index (χ4n) is 3.57. The van der Waals surface area contributed by atoms with Gasteiger partial charge in [-0.25, -0.2) is 4.79 Å². The van der Waals surface area contributed by atoms with Gasteiger partial charge in [-0.2, -0.15) is 0 Å². The van der Waals surface area contributed by atoms with E-state index in [-0.39, 0.29) is 10.5 Å². The van der Waals surface area contributed by atoms with Crippen molar-refractivity contribution in [3.63, 3.8) is 0 Å². The van der Waals surface area contributed by atoms with Crippen LogP contribution in [0.4, 0.5) is 16.2 Å². The zero-order valence-electron chi connectivity index (χ0n) is 21.5. The van der Waals surface area contributed by atoms with E-state index in [9.17, 15) is 24.0 Å². The van der Waals surface area contributed by atoms with Gasteiger partial charge in [-0.05, 0) is 79.2 Å². The number of amides is 4. The van der Waals surface area contributed by atoms with Crippen LogP contribution in [0.3, 0.4) is 0 Å². The first-order chi connectivity index (χ1) is 19.1. The van der Waals surface area contributed by atoms with Crippen LogP contribution in [0, 0.1) is 13.8 Å². The largest absolute Gasteiger partial charge is 0.452 e. The molecule has 4 rings (SSSR count). The first-order valence-electron chi connectivity index (χ1n) is 12.0. The molecule has 0 radical (unpaired) electrons. The highest BCUT2D eigenvalue weighted by Gasteiger charge is 2.36. The quantitative estimate of drug-likeness (QED) is 0.270. The van der Waals surface area contributed by atoms with Gasteiger partial charge in [-0.1, -0.05) is 47.5 Å². The zero-order chi connectivity index (χ0) is 28.8. The van der Waals surface area contributed by atoms with Gasteiger partial charge in [-0.15, -0.1) is 0 Å². The molecule has 0 saturated carbocycles. The van der Waals surface area contributed by atoms with E-state index in [2.05, 4.69) is 10.6 Å². The molecule has 4 amide bonds. The lowest BCUT2D eigenvalue weighted by Crippen LogP contribution is -2.36. The van der Waals surface area contributed by atoms with Crippen LogP contribution >= 0.6 is 23.4 Å². The van der Waals surface area contributed by atoms with Gasteiger partial charge < -0.3 is 15.4 Å². The highest BCUT2D eigenvalue weighted by atomic mass is 35.5. The van der Waals surface area contributed by atoms with Crippen molar-refractivity contribution in [2.45, 2.75) is 13.8 Å². The standard InChI is InChI=1S/C29H24ClN3O6S/c1-17-3-10-21(11-4-17)31-26(35)16-39-28(37)20-8-6-19(7-9-20)13-24-27(36)33(29(38)40-24)15-25(34)32-22-12-5-18(2)23(30)14-22/h3-14H,15-16H2,1-2H3,(H,31,35)(H,32,34). The highest BCUT2D eigenvalue weighted by Crippen LogP contribution is 2.32. The Morgan fingerprint density at radius 3 is 2.23 bits per heavy atom. The number of hydrogen-bond donors (Lipinski definition) is 2. The van der Waals surface area contributed by atoms with Gasteiger partial charge in [0.1, 0.15) is 6.54 Å². The summed E-state index contributed by atoms with van der Waals surface area (Å²) in [6.07, 6.45) is 1.49. The number of aryl methyl sites for hydroxylation is 2. The average Bonchev–Trinajstić information content (AvgIpc) is 3.18. The number of anilines is 2. The maximum atomic E-state index is 12.8. The SMILES string of the molecule is Cc1ccc(NC(=O)COC(=O)c2ccc(C=C3SC(=O)N(CC(=O)Nc4ccc(C)c(Cl)c4)C3=O)cc2)cc1. The van der Waals surface area contributed by atoms with Gasteiger partial charge in [0.2, 0.25) is 5.91 Å². The number of thioether (sulfide) groups is 1. The van der Waals surface area contributed by atoms with E-state index in [0.29, 0.717) is 33.7 Å². The molecule has 0 unspecified atom stereocenters. The number of hydrogen-bond acceptors (Lipinski definition) is 7. The van der Waals surface area contributed by atoms with Gasteiger partial charge >= 0.3 is 5.97 Å².